The monoisotopic (exact) mass is 1120 g/mol. The van der Waals surface area contributed by atoms with Crippen molar-refractivity contribution in [3.63, 3.8) is 0 Å². The molecule has 3 aliphatic heterocycles. The first kappa shape index (κ1) is 60.0. The standard InChI is InChI=1S/C55H64F8N8O8/c1-52(2,54(58,59)60)42(25-47(74)77-5)49(75)67-69(27-36-13-16-37(17-14-36)43-21-22-70(66-43)50(56)57)30-45(73)38(24-44(72)48(65-51(76)78-6)53(3,4)55(61,62)63)23-34-10-7-33(8-11-34)9-12-35-15-20-46(64-26-35)68-28-39-18-19-40(29-68)71(39)41-31-79-32-41/h7-8,10-11,13-17,20-22,26,38-42,45,48,50,73H,18-19,23-25,27-32H2,1-6H3,(H,65,76)(H,67,75)/t38-,39?,40?,42-,45+,48-/m1/s1. The highest BCUT2D eigenvalue weighted by Gasteiger charge is 2.57. The zero-order valence-corrected chi connectivity index (χ0v) is 44.4. The first-order valence-corrected chi connectivity index (χ1v) is 25.6. The maximum atomic E-state index is 14.6. The number of fused-ring (bicyclic) bond motifs is 2. The molecule has 0 aliphatic carbocycles. The molecular formula is C55H64F8N8O8. The van der Waals surface area contributed by atoms with Gasteiger partial charge < -0.3 is 29.5 Å². The molecule has 5 heterocycles. The molecule has 3 fully saturated rings. The van der Waals surface area contributed by atoms with Gasteiger partial charge in [0.2, 0.25) is 5.91 Å². The van der Waals surface area contributed by atoms with E-state index in [1.165, 1.54) is 30.3 Å². The van der Waals surface area contributed by atoms with Crippen molar-refractivity contribution in [3.05, 3.63) is 101 Å². The number of carbonyl (C=O) groups excluding carboxylic acids is 4. The van der Waals surface area contributed by atoms with Crippen LogP contribution in [0.1, 0.15) is 82.2 Å². The minimum atomic E-state index is -5.05. The second kappa shape index (κ2) is 24.8. The number of halogens is 8. The molecule has 2 unspecified atom stereocenters. The number of hydrogen-bond acceptors (Lipinski definition) is 13. The summed E-state index contributed by atoms with van der Waals surface area (Å²) in [5, 5.41) is 19.1. The number of methoxy groups -OCH3 is 2. The fraction of sp³-hybridized carbons (Fsp3) is 0.527. The van der Waals surface area contributed by atoms with Crippen molar-refractivity contribution in [2.45, 2.75) is 116 Å². The van der Waals surface area contributed by atoms with Gasteiger partial charge in [0.15, 0.2) is 5.78 Å². The van der Waals surface area contributed by atoms with Crippen molar-refractivity contribution in [1.82, 2.24) is 35.4 Å². The lowest BCUT2D eigenvalue weighted by atomic mass is 9.75. The van der Waals surface area contributed by atoms with Crippen molar-refractivity contribution in [2.24, 2.45) is 22.7 Å². The molecule has 2 amide bonds. The van der Waals surface area contributed by atoms with Crippen LogP contribution in [0.15, 0.2) is 79.1 Å². The first-order chi connectivity index (χ1) is 37.2. The average molecular weight is 1120 g/mol. The van der Waals surface area contributed by atoms with Gasteiger partial charge in [0, 0.05) is 73.8 Å². The molecular weight excluding hydrogens is 1050 g/mol. The van der Waals surface area contributed by atoms with Gasteiger partial charge >= 0.3 is 31.0 Å². The van der Waals surface area contributed by atoms with E-state index >= 15 is 0 Å². The molecule has 0 spiro atoms. The van der Waals surface area contributed by atoms with E-state index in [9.17, 15) is 59.4 Å². The Morgan fingerprint density at radius 2 is 1.41 bits per heavy atom. The highest BCUT2D eigenvalue weighted by atomic mass is 19.4. The number of benzene rings is 2. The van der Waals surface area contributed by atoms with Crippen LogP contribution in [0.5, 0.6) is 0 Å². The van der Waals surface area contributed by atoms with Crippen LogP contribution in [0, 0.1) is 34.5 Å². The van der Waals surface area contributed by atoms with Crippen molar-refractivity contribution in [1.29, 1.82) is 0 Å². The van der Waals surface area contributed by atoms with Crippen LogP contribution in [-0.2, 0) is 41.6 Å². The van der Waals surface area contributed by atoms with Gasteiger partial charge in [-0.1, -0.05) is 62.1 Å². The number of piperazine rings is 1. The fourth-order valence-corrected chi connectivity index (χ4v) is 10.1. The maximum absolute atomic E-state index is 14.6. The van der Waals surface area contributed by atoms with Gasteiger partial charge in [-0.3, -0.25) is 24.7 Å². The number of aliphatic hydroxyl groups excluding tert-OH is 1. The number of aromatic nitrogens is 3. The minimum Gasteiger partial charge on any atom is -0.469 e. The number of hydrazine groups is 1. The smallest absolute Gasteiger partial charge is 0.407 e. The molecule has 2 aromatic heterocycles. The summed E-state index contributed by atoms with van der Waals surface area (Å²) in [6.45, 7) is 2.17. The number of hydrogen-bond donors (Lipinski definition) is 3. The topological polar surface area (TPSA) is 181 Å². The van der Waals surface area contributed by atoms with E-state index in [2.05, 4.69) is 41.6 Å². The Labute approximate surface area is 452 Å². The second-order valence-electron chi connectivity index (χ2n) is 21.3. The number of anilines is 1. The number of aliphatic hydroxyl groups is 1. The summed E-state index contributed by atoms with van der Waals surface area (Å²) < 4.78 is 129. The molecule has 2 aromatic carbocycles. The number of Topliss-reactive ketones (excluding diaryl/α,β-unsaturated/α-hetero) is 1. The molecule has 428 valence electrons. The number of nitrogens with zero attached hydrogens (tertiary/aromatic N) is 6. The van der Waals surface area contributed by atoms with E-state index in [0.717, 1.165) is 84.2 Å². The summed E-state index contributed by atoms with van der Waals surface area (Å²) in [7, 11) is 1.83. The van der Waals surface area contributed by atoms with Gasteiger partial charge in [-0.2, -0.15) is 40.2 Å². The molecule has 3 aliphatic rings. The van der Waals surface area contributed by atoms with Crippen LogP contribution in [0.2, 0.25) is 0 Å². The molecule has 2 bridgehead atoms. The van der Waals surface area contributed by atoms with Crippen LogP contribution in [0.25, 0.3) is 11.3 Å². The Morgan fingerprint density at radius 1 is 0.797 bits per heavy atom. The predicted molar refractivity (Wildman–Crippen MR) is 272 cm³/mol. The Hall–Kier alpha value is -6.68. The zero-order valence-electron chi connectivity index (χ0n) is 44.4. The molecule has 0 radical (unpaired) electrons. The summed E-state index contributed by atoms with van der Waals surface area (Å²) in [5.41, 5.74) is -0.759. The number of ketones is 1. The van der Waals surface area contributed by atoms with E-state index in [1.54, 1.807) is 30.5 Å². The number of rotatable bonds is 21. The third-order valence-corrected chi connectivity index (χ3v) is 15.3. The Bertz CT molecular complexity index is 2800. The maximum Gasteiger partial charge on any atom is 0.407 e. The second-order valence-corrected chi connectivity index (χ2v) is 21.3. The molecule has 0 saturated carbocycles. The third kappa shape index (κ3) is 14.4. The molecule has 4 aromatic rings. The van der Waals surface area contributed by atoms with Crippen molar-refractivity contribution in [2.75, 3.05) is 52.0 Å². The van der Waals surface area contributed by atoms with E-state index in [4.69, 9.17) is 9.72 Å². The van der Waals surface area contributed by atoms with E-state index in [0.29, 0.717) is 64.5 Å². The van der Waals surface area contributed by atoms with Gasteiger partial charge in [-0.15, -0.1) is 0 Å². The van der Waals surface area contributed by atoms with Crippen LogP contribution in [-0.4, -0.2) is 143 Å². The molecule has 16 nitrogen and oxygen atoms in total. The predicted octanol–water partition coefficient (Wildman–Crippen LogP) is 7.88. The highest BCUT2D eigenvalue weighted by molar-refractivity contribution is 5.88. The van der Waals surface area contributed by atoms with Crippen molar-refractivity contribution in [3.8, 4) is 23.1 Å². The number of alkyl carbamates (subject to hydrolysis) is 1. The van der Waals surface area contributed by atoms with Crippen molar-refractivity contribution < 1.29 is 73.6 Å². The molecule has 7 rings (SSSR count). The number of esters is 1. The van der Waals surface area contributed by atoms with Gasteiger partial charge in [-0.25, -0.2) is 19.5 Å². The molecule has 79 heavy (non-hydrogen) atoms. The number of pyridine rings is 1. The summed E-state index contributed by atoms with van der Waals surface area (Å²) in [6, 6.07) is 16.8. The Morgan fingerprint density at radius 3 is 1.94 bits per heavy atom. The lowest BCUT2D eigenvalue weighted by molar-refractivity contribution is -0.231. The highest BCUT2D eigenvalue weighted by Crippen LogP contribution is 2.46. The van der Waals surface area contributed by atoms with Crippen molar-refractivity contribution >= 4 is 29.6 Å². The Kier molecular flexibility index (Phi) is 18.8. The summed E-state index contributed by atoms with van der Waals surface area (Å²) >= 11 is 0. The molecule has 24 heteroatoms. The molecule has 3 N–H and O–H groups in total. The summed E-state index contributed by atoms with van der Waals surface area (Å²) in [4.78, 5) is 62.9. The largest absolute Gasteiger partial charge is 0.469 e. The van der Waals surface area contributed by atoms with Gasteiger partial charge in [0.05, 0.1) is 68.4 Å². The summed E-state index contributed by atoms with van der Waals surface area (Å²) in [6.07, 6.45) is -10.2. The van der Waals surface area contributed by atoms with E-state index < -0.39 is 96.9 Å². The number of alkyl halides is 8. The van der Waals surface area contributed by atoms with Gasteiger partial charge in [0.1, 0.15) is 11.9 Å². The fourth-order valence-electron chi connectivity index (χ4n) is 10.1. The molecule has 6 atom stereocenters. The van der Waals surface area contributed by atoms with Crippen LogP contribution < -0.4 is 15.6 Å². The molecule has 3 saturated heterocycles. The lowest BCUT2D eigenvalue weighted by Gasteiger charge is -2.47. The minimum absolute atomic E-state index is 0.169. The Balaban J connectivity index is 1.15. The number of nitrogens with one attached hydrogen (secondary N) is 2. The van der Waals surface area contributed by atoms with Gasteiger partial charge in [-0.05, 0) is 80.5 Å². The normalized spacial score (nSPS) is 18.7. The number of ether oxygens (including phenoxy) is 3. The quantitative estimate of drug-likeness (QED) is 0.0318. The van der Waals surface area contributed by atoms with Crippen LogP contribution in [0.3, 0.4) is 0 Å². The van der Waals surface area contributed by atoms with E-state index in [-0.39, 0.29) is 18.7 Å². The van der Waals surface area contributed by atoms with Crippen LogP contribution in [0.4, 0.5) is 45.7 Å². The number of amides is 2. The number of carbonyl (C=O) groups is 4. The SMILES string of the molecule is COC(=O)C[C@H](C(=O)NN(Cc1ccc(-c2ccn(C(F)F)n2)cc1)C[C@H](O)[C@@H](CC(=O)[C@@H](NC(=O)OC)C(C)(C)C(F)(F)F)Cc1ccc(C#Cc2ccc(N3CC4CCC(C3)N4C3COC3)nc2)cc1)C(C)(C)C(F)(F)F. The lowest BCUT2D eigenvalue weighted by Crippen LogP contribution is -2.62. The third-order valence-electron chi connectivity index (χ3n) is 15.3. The average Bonchev–Trinajstić information content (AvgIpc) is 4.05. The summed E-state index contributed by atoms with van der Waals surface area (Å²) in [5.74, 6) is 0.000831. The van der Waals surface area contributed by atoms with Gasteiger partial charge in [0.25, 0.3) is 0 Å². The van der Waals surface area contributed by atoms with E-state index in [1.807, 2.05) is 17.4 Å². The van der Waals surface area contributed by atoms with Crippen LogP contribution >= 0.6 is 0 Å². The zero-order chi connectivity index (χ0) is 57.6. The first-order valence-electron chi connectivity index (χ1n) is 25.6.